The standard InChI is InChI=1S/C27H35FN4OS/c1-4-27(2,3)20-7-10-22-23(16-29)26(34-24(22)15-20)30-25(33)18-32-13-11-31(12-14-32)17-19-5-8-21(28)9-6-19/h5-6,8-9,20H,4,7,10-15,17-18H2,1-3H3,(H,30,33). The summed E-state index contributed by atoms with van der Waals surface area (Å²) in [5.41, 5.74) is 3.21. The summed E-state index contributed by atoms with van der Waals surface area (Å²) in [6, 6.07) is 9.02. The van der Waals surface area contributed by atoms with Gasteiger partial charge in [0.2, 0.25) is 5.91 Å². The van der Waals surface area contributed by atoms with Crippen LogP contribution in [-0.4, -0.2) is 48.4 Å². The van der Waals surface area contributed by atoms with Crippen molar-refractivity contribution in [2.75, 3.05) is 38.0 Å². The molecule has 7 heteroatoms. The number of hydrogen-bond acceptors (Lipinski definition) is 5. The minimum atomic E-state index is -0.213. The van der Waals surface area contributed by atoms with E-state index in [0.717, 1.165) is 74.5 Å². The summed E-state index contributed by atoms with van der Waals surface area (Å²) in [4.78, 5) is 18.6. The first-order valence-electron chi connectivity index (χ1n) is 12.3. The van der Waals surface area contributed by atoms with Gasteiger partial charge in [0, 0.05) is 37.6 Å². The smallest absolute Gasteiger partial charge is 0.239 e. The lowest BCUT2D eigenvalue weighted by molar-refractivity contribution is -0.117. The molecule has 5 nitrogen and oxygen atoms in total. The van der Waals surface area contributed by atoms with Crippen molar-refractivity contribution in [2.45, 2.75) is 53.0 Å². The van der Waals surface area contributed by atoms with Gasteiger partial charge in [0.05, 0.1) is 12.1 Å². The summed E-state index contributed by atoms with van der Waals surface area (Å²) in [6.45, 7) is 11.4. The van der Waals surface area contributed by atoms with Crippen molar-refractivity contribution in [3.05, 3.63) is 51.7 Å². The van der Waals surface area contributed by atoms with Gasteiger partial charge in [-0.2, -0.15) is 5.26 Å². The number of fused-ring (bicyclic) bond motifs is 1. The summed E-state index contributed by atoms with van der Waals surface area (Å²) in [5, 5.41) is 13.6. The largest absolute Gasteiger partial charge is 0.315 e. The molecule has 1 atom stereocenters. The highest BCUT2D eigenvalue weighted by molar-refractivity contribution is 7.16. The molecule has 1 N–H and O–H groups in total. The third-order valence-corrected chi connectivity index (χ3v) is 8.97. The number of hydrogen-bond donors (Lipinski definition) is 1. The van der Waals surface area contributed by atoms with Crippen LogP contribution in [0.25, 0.3) is 0 Å². The van der Waals surface area contributed by atoms with Crippen LogP contribution in [0.1, 0.15) is 55.2 Å². The zero-order chi connectivity index (χ0) is 24.3. The second-order valence-corrected chi connectivity index (χ2v) is 11.4. The Labute approximate surface area is 206 Å². The van der Waals surface area contributed by atoms with Crippen LogP contribution < -0.4 is 5.32 Å². The first-order chi connectivity index (χ1) is 16.3. The van der Waals surface area contributed by atoms with Crippen molar-refractivity contribution in [2.24, 2.45) is 11.3 Å². The summed E-state index contributed by atoms with van der Waals surface area (Å²) < 4.78 is 13.1. The number of piperazine rings is 1. The van der Waals surface area contributed by atoms with Crippen LogP contribution in [0.15, 0.2) is 24.3 Å². The highest BCUT2D eigenvalue weighted by Gasteiger charge is 2.34. The Bertz CT molecular complexity index is 1050. The lowest BCUT2D eigenvalue weighted by Gasteiger charge is -2.36. The molecule has 1 saturated heterocycles. The van der Waals surface area contributed by atoms with Crippen molar-refractivity contribution in [3.63, 3.8) is 0 Å². The average Bonchev–Trinajstić information content (AvgIpc) is 3.17. The molecule has 2 aromatic rings. The van der Waals surface area contributed by atoms with Crippen molar-refractivity contribution in [3.8, 4) is 6.07 Å². The maximum Gasteiger partial charge on any atom is 0.239 e. The molecule has 0 spiro atoms. The van der Waals surface area contributed by atoms with Gasteiger partial charge < -0.3 is 5.32 Å². The average molecular weight is 483 g/mol. The first kappa shape index (κ1) is 24.8. The van der Waals surface area contributed by atoms with E-state index in [2.05, 4.69) is 42.0 Å². The molecular formula is C27H35FN4OS. The van der Waals surface area contributed by atoms with E-state index in [1.807, 2.05) is 12.1 Å². The van der Waals surface area contributed by atoms with Crippen LogP contribution in [0.5, 0.6) is 0 Å². The number of nitrogens with zero attached hydrogens (tertiary/aromatic N) is 3. The Morgan fingerprint density at radius 2 is 1.88 bits per heavy atom. The van der Waals surface area contributed by atoms with Crippen LogP contribution in [0.2, 0.25) is 0 Å². The number of nitriles is 1. The highest BCUT2D eigenvalue weighted by Crippen LogP contribution is 2.45. The monoisotopic (exact) mass is 482 g/mol. The van der Waals surface area contributed by atoms with Gasteiger partial charge in [-0.05, 0) is 53.9 Å². The number of nitrogens with one attached hydrogen (secondary N) is 1. The molecule has 2 heterocycles. The van der Waals surface area contributed by atoms with Crippen molar-refractivity contribution in [1.82, 2.24) is 9.80 Å². The number of anilines is 1. The van der Waals surface area contributed by atoms with E-state index < -0.39 is 0 Å². The summed E-state index contributed by atoms with van der Waals surface area (Å²) in [6.07, 6.45) is 4.18. The van der Waals surface area contributed by atoms with Gasteiger partial charge in [0.15, 0.2) is 0 Å². The molecule has 34 heavy (non-hydrogen) atoms. The zero-order valence-corrected chi connectivity index (χ0v) is 21.3. The second-order valence-electron chi connectivity index (χ2n) is 10.3. The first-order valence-corrected chi connectivity index (χ1v) is 13.1. The van der Waals surface area contributed by atoms with Crippen LogP contribution in [0.4, 0.5) is 9.39 Å². The molecule has 1 aromatic carbocycles. The second kappa shape index (κ2) is 10.6. The molecule has 1 unspecified atom stereocenters. The van der Waals surface area contributed by atoms with Gasteiger partial charge in [-0.15, -0.1) is 11.3 Å². The molecule has 0 radical (unpaired) electrons. The number of benzene rings is 1. The summed E-state index contributed by atoms with van der Waals surface area (Å²) in [5.74, 6) is 0.354. The molecule has 0 saturated carbocycles. The maximum absolute atomic E-state index is 13.1. The van der Waals surface area contributed by atoms with E-state index in [0.29, 0.717) is 18.0 Å². The number of carbonyl (C=O) groups is 1. The van der Waals surface area contributed by atoms with Gasteiger partial charge in [0.25, 0.3) is 0 Å². The number of amides is 1. The fourth-order valence-corrected chi connectivity index (χ4v) is 6.36. The predicted octanol–water partition coefficient (Wildman–Crippen LogP) is 5.06. The van der Waals surface area contributed by atoms with Crippen LogP contribution in [0, 0.1) is 28.5 Å². The van der Waals surface area contributed by atoms with Crippen LogP contribution >= 0.6 is 11.3 Å². The van der Waals surface area contributed by atoms with Crippen LogP contribution in [0.3, 0.4) is 0 Å². The Balaban J connectivity index is 1.31. The minimum Gasteiger partial charge on any atom is -0.315 e. The van der Waals surface area contributed by atoms with E-state index in [9.17, 15) is 14.4 Å². The Morgan fingerprint density at radius 1 is 1.21 bits per heavy atom. The fraction of sp³-hybridized carbons (Fsp3) is 0.556. The molecule has 1 aromatic heterocycles. The van der Waals surface area contributed by atoms with Crippen LogP contribution in [-0.2, 0) is 24.2 Å². The van der Waals surface area contributed by atoms with E-state index in [1.54, 1.807) is 11.3 Å². The van der Waals surface area contributed by atoms with Gasteiger partial charge in [-0.3, -0.25) is 14.6 Å². The number of carbonyl (C=O) groups excluding carboxylic acids is 1. The van der Waals surface area contributed by atoms with E-state index in [1.165, 1.54) is 17.0 Å². The molecule has 1 amide bonds. The Hall–Kier alpha value is -2.27. The molecule has 1 aliphatic heterocycles. The molecular weight excluding hydrogens is 447 g/mol. The molecule has 1 fully saturated rings. The minimum absolute atomic E-state index is 0.0486. The van der Waals surface area contributed by atoms with Gasteiger partial charge in [0.1, 0.15) is 16.9 Å². The lowest BCUT2D eigenvalue weighted by atomic mass is 9.69. The normalized spacial score (nSPS) is 19.4. The number of halogens is 1. The van der Waals surface area contributed by atoms with Crippen molar-refractivity contribution >= 4 is 22.2 Å². The quantitative estimate of drug-likeness (QED) is 0.600. The SMILES string of the molecule is CCC(C)(C)C1CCc2c(sc(NC(=O)CN3CCN(Cc4ccc(F)cc4)CC3)c2C#N)C1. The van der Waals surface area contributed by atoms with Gasteiger partial charge in [-0.1, -0.05) is 39.3 Å². The molecule has 1 aliphatic carbocycles. The maximum atomic E-state index is 13.1. The van der Waals surface area contributed by atoms with E-state index >= 15 is 0 Å². The van der Waals surface area contributed by atoms with Gasteiger partial charge in [-0.25, -0.2) is 4.39 Å². The topological polar surface area (TPSA) is 59.4 Å². The summed E-state index contributed by atoms with van der Waals surface area (Å²) >= 11 is 1.60. The van der Waals surface area contributed by atoms with E-state index in [4.69, 9.17) is 0 Å². The molecule has 4 rings (SSSR count). The molecule has 182 valence electrons. The van der Waals surface area contributed by atoms with Gasteiger partial charge >= 0.3 is 0 Å². The lowest BCUT2D eigenvalue weighted by Crippen LogP contribution is -2.48. The third-order valence-electron chi connectivity index (χ3n) is 7.80. The summed E-state index contributed by atoms with van der Waals surface area (Å²) in [7, 11) is 0. The number of rotatable bonds is 7. The molecule has 0 bridgehead atoms. The third kappa shape index (κ3) is 5.68. The van der Waals surface area contributed by atoms with Crippen molar-refractivity contribution in [1.29, 1.82) is 5.26 Å². The van der Waals surface area contributed by atoms with Crippen molar-refractivity contribution < 1.29 is 9.18 Å². The Morgan fingerprint density at radius 3 is 2.53 bits per heavy atom. The highest BCUT2D eigenvalue weighted by atomic mass is 32.1. The zero-order valence-electron chi connectivity index (χ0n) is 20.5. The Kier molecular flexibility index (Phi) is 7.71. The fourth-order valence-electron chi connectivity index (χ4n) is 5.07. The predicted molar refractivity (Wildman–Crippen MR) is 135 cm³/mol. The van der Waals surface area contributed by atoms with E-state index in [-0.39, 0.29) is 17.1 Å². The number of thiophene rings is 1. The molecule has 2 aliphatic rings.